The molecule has 0 bridgehead atoms. The minimum atomic E-state index is -0.0532. The molecule has 0 aliphatic carbocycles. The highest BCUT2D eigenvalue weighted by molar-refractivity contribution is 4.77. The number of H-pyrrole nitrogens is 1. The van der Waals surface area contributed by atoms with Crippen molar-refractivity contribution in [3.63, 3.8) is 0 Å². The first-order chi connectivity index (χ1) is 3.29. The predicted molar refractivity (Wildman–Crippen MR) is 26.0 cm³/mol. The highest BCUT2D eigenvalue weighted by Gasteiger charge is 1.78. The lowest BCUT2D eigenvalue weighted by Gasteiger charge is -1.80. The van der Waals surface area contributed by atoms with Crippen molar-refractivity contribution in [3.8, 4) is 0 Å². The Bertz CT molecular complexity index is 197. The lowest BCUT2D eigenvalue weighted by Crippen LogP contribution is -1.99. The maximum atomic E-state index is 10.2. The molecule has 0 atom stereocenters. The summed E-state index contributed by atoms with van der Waals surface area (Å²) in [6, 6.07) is 1.47. The van der Waals surface area contributed by atoms with E-state index in [4.69, 9.17) is 0 Å². The maximum Gasteiger partial charge on any atom is 0.264 e. The van der Waals surface area contributed by atoms with Crippen molar-refractivity contribution in [2.45, 2.75) is 0 Å². The molecule has 0 aliphatic rings. The second-order valence-electron chi connectivity index (χ2n) is 1.40. The van der Waals surface area contributed by atoms with Gasteiger partial charge in [-0.1, -0.05) is 0 Å². The molecule has 38 valence electrons. The fourth-order valence-corrected chi connectivity index (χ4v) is 0.428. The Morgan fingerprint density at radius 1 is 1.86 bits per heavy atom. The van der Waals surface area contributed by atoms with Crippen LogP contribution in [0.3, 0.4) is 0 Å². The normalized spacial score (nSPS) is 9.29. The van der Waals surface area contributed by atoms with E-state index in [1.54, 1.807) is 17.9 Å². The van der Waals surface area contributed by atoms with Crippen molar-refractivity contribution < 1.29 is 0 Å². The zero-order valence-corrected chi connectivity index (χ0v) is 4.01. The molecule has 1 aromatic rings. The molecular weight excluding hydrogens is 92.1 g/mol. The molecule has 1 aromatic heterocycles. The fraction of sp³-hybridized carbons (Fsp3) is 0.250. The minimum Gasteiger partial charge on any atom is -0.295 e. The molecule has 0 fully saturated rings. The number of nitrogens with one attached hydrogen (secondary N) is 1. The fourth-order valence-electron chi connectivity index (χ4n) is 0.428. The van der Waals surface area contributed by atoms with Gasteiger partial charge >= 0.3 is 0 Å². The summed E-state index contributed by atoms with van der Waals surface area (Å²) in [5.41, 5.74) is -0.0532. The Morgan fingerprint density at radius 3 is 2.71 bits per heavy atom. The Morgan fingerprint density at radius 2 is 2.57 bits per heavy atom. The van der Waals surface area contributed by atoms with Crippen LogP contribution in [-0.4, -0.2) is 9.78 Å². The first kappa shape index (κ1) is 4.18. The van der Waals surface area contributed by atoms with Gasteiger partial charge in [0.25, 0.3) is 5.56 Å². The third-order valence-corrected chi connectivity index (χ3v) is 0.736. The van der Waals surface area contributed by atoms with Crippen molar-refractivity contribution >= 4 is 0 Å². The van der Waals surface area contributed by atoms with Crippen molar-refractivity contribution in [3.05, 3.63) is 22.6 Å². The van der Waals surface area contributed by atoms with E-state index in [-0.39, 0.29) is 5.56 Å². The van der Waals surface area contributed by atoms with Crippen LogP contribution in [0.1, 0.15) is 0 Å². The average molecular weight is 98.1 g/mol. The summed E-state index contributed by atoms with van der Waals surface area (Å²) in [4.78, 5) is 10.2. The minimum absolute atomic E-state index is 0.0532. The number of hydrogen-bond donors (Lipinski definition) is 1. The molecule has 0 aromatic carbocycles. The van der Waals surface area contributed by atoms with E-state index in [1.165, 1.54) is 6.07 Å². The predicted octanol–water partition coefficient (Wildman–Crippen LogP) is -0.287. The molecule has 1 heterocycles. The quantitative estimate of drug-likeness (QED) is 0.476. The van der Waals surface area contributed by atoms with Crippen LogP contribution in [0.4, 0.5) is 0 Å². The highest BCUT2D eigenvalue weighted by Crippen LogP contribution is 1.65. The summed E-state index contributed by atoms with van der Waals surface area (Å²) in [7, 11) is 1.77. The molecule has 1 rings (SSSR count). The van der Waals surface area contributed by atoms with E-state index in [0.29, 0.717) is 0 Å². The third-order valence-electron chi connectivity index (χ3n) is 0.736. The van der Waals surface area contributed by atoms with Crippen LogP contribution in [-0.2, 0) is 7.05 Å². The topological polar surface area (TPSA) is 37.8 Å². The zero-order chi connectivity index (χ0) is 5.28. The smallest absolute Gasteiger partial charge is 0.264 e. The van der Waals surface area contributed by atoms with Crippen LogP contribution in [0.15, 0.2) is 17.1 Å². The van der Waals surface area contributed by atoms with Gasteiger partial charge in [0.05, 0.1) is 0 Å². The Kier molecular flexibility index (Phi) is 0.749. The molecule has 0 amide bonds. The molecule has 1 N–H and O–H groups in total. The highest BCUT2D eigenvalue weighted by atomic mass is 16.1. The van der Waals surface area contributed by atoms with Crippen LogP contribution in [0.5, 0.6) is 0 Å². The standard InChI is InChI=1S/C4H6N2O/c1-6-3-2-4(7)5-6/h2-3H,1H3,(H,5,7). The maximum absolute atomic E-state index is 10.2. The van der Waals surface area contributed by atoms with Crippen LogP contribution < -0.4 is 5.56 Å². The number of hydrogen-bond acceptors (Lipinski definition) is 1. The van der Waals surface area contributed by atoms with Crippen LogP contribution in [0.25, 0.3) is 0 Å². The van der Waals surface area contributed by atoms with E-state index in [0.717, 1.165) is 0 Å². The van der Waals surface area contributed by atoms with Gasteiger partial charge in [0, 0.05) is 19.3 Å². The molecule has 3 nitrogen and oxygen atoms in total. The molecule has 7 heavy (non-hydrogen) atoms. The summed E-state index contributed by atoms with van der Waals surface area (Å²) in [5, 5.41) is 2.50. The van der Waals surface area contributed by atoms with Crippen LogP contribution in [0.2, 0.25) is 0 Å². The van der Waals surface area contributed by atoms with Crippen LogP contribution >= 0.6 is 0 Å². The van der Waals surface area contributed by atoms with E-state index in [2.05, 4.69) is 5.10 Å². The second-order valence-corrected chi connectivity index (χ2v) is 1.40. The van der Waals surface area contributed by atoms with E-state index >= 15 is 0 Å². The van der Waals surface area contributed by atoms with Gasteiger partial charge in [-0.05, 0) is 0 Å². The van der Waals surface area contributed by atoms with E-state index in [9.17, 15) is 4.79 Å². The van der Waals surface area contributed by atoms with Crippen molar-refractivity contribution in [2.24, 2.45) is 7.05 Å². The van der Waals surface area contributed by atoms with Gasteiger partial charge in [-0.25, -0.2) is 0 Å². The summed E-state index contributed by atoms with van der Waals surface area (Å²) in [6.45, 7) is 0. The van der Waals surface area contributed by atoms with Crippen molar-refractivity contribution in [1.82, 2.24) is 9.78 Å². The summed E-state index contributed by atoms with van der Waals surface area (Å²) in [6.07, 6.45) is 1.67. The van der Waals surface area contributed by atoms with Gasteiger partial charge in [0.15, 0.2) is 0 Å². The number of aromatic nitrogens is 2. The third kappa shape index (κ3) is 0.707. The number of rotatable bonds is 0. The molecule has 0 saturated heterocycles. The average Bonchev–Trinajstić information content (AvgIpc) is 1.87. The summed E-state index contributed by atoms with van der Waals surface area (Å²) >= 11 is 0. The first-order valence-electron chi connectivity index (χ1n) is 2.01. The van der Waals surface area contributed by atoms with Gasteiger partial charge in [-0.3, -0.25) is 14.6 Å². The largest absolute Gasteiger partial charge is 0.295 e. The molecule has 0 aliphatic heterocycles. The lowest BCUT2D eigenvalue weighted by molar-refractivity contribution is 0.756. The summed E-state index contributed by atoms with van der Waals surface area (Å²) < 4.78 is 1.60. The molecule has 0 radical (unpaired) electrons. The molecular formula is C4H6N2O. The monoisotopic (exact) mass is 98.0 g/mol. The first-order valence-corrected chi connectivity index (χ1v) is 2.01. The lowest BCUT2D eigenvalue weighted by atomic mass is 10.7. The van der Waals surface area contributed by atoms with E-state index < -0.39 is 0 Å². The SMILES string of the molecule is Cn1ccc(=O)[nH]1. The summed E-state index contributed by atoms with van der Waals surface area (Å²) in [5.74, 6) is 0. The second kappa shape index (κ2) is 1.26. The van der Waals surface area contributed by atoms with Gasteiger partial charge < -0.3 is 0 Å². The molecule has 0 unspecified atom stereocenters. The van der Waals surface area contributed by atoms with Crippen molar-refractivity contribution in [1.29, 1.82) is 0 Å². The molecule has 0 saturated carbocycles. The number of nitrogens with zero attached hydrogens (tertiary/aromatic N) is 1. The van der Waals surface area contributed by atoms with Gasteiger partial charge in [-0.2, -0.15) is 0 Å². The van der Waals surface area contributed by atoms with Crippen LogP contribution in [0, 0.1) is 0 Å². The Hall–Kier alpha value is -0.990. The van der Waals surface area contributed by atoms with Gasteiger partial charge in [-0.15, -0.1) is 0 Å². The Balaban J connectivity index is 3.30. The molecule has 3 heteroatoms. The Labute approximate surface area is 40.6 Å². The number of aromatic amines is 1. The van der Waals surface area contributed by atoms with Crippen molar-refractivity contribution in [2.75, 3.05) is 0 Å². The van der Waals surface area contributed by atoms with Gasteiger partial charge in [0.1, 0.15) is 0 Å². The molecule has 0 spiro atoms. The van der Waals surface area contributed by atoms with E-state index in [1.807, 2.05) is 0 Å². The zero-order valence-electron chi connectivity index (χ0n) is 4.01. The number of aryl methyl sites for hydroxylation is 1. The van der Waals surface area contributed by atoms with Gasteiger partial charge in [0.2, 0.25) is 0 Å².